The summed E-state index contributed by atoms with van der Waals surface area (Å²) in [5.41, 5.74) is 1.68. The molecule has 7 heteroatoms. The van der Waals surface area contributed by atoms with Gasteiger partial charge in [0.25, 0.3) is 0 Å². The fourth-order valence-corrected chi connectivity index (χ4v) is 4.32. The molecule has 4 rings (SSSR count). The van der Waals surface area contributed by atoms with Gasteiger partial charge in [0, 0.05) is 62.0 Å². The number of hydrogen-bond donors (Lipinski definition) is 1. The minimum Gasteiger partial charge on any atom is -0.507 e. The van der Waals surface area contributed by atoms with Crippen LogP contribution >= 0.6 is 11.6 Å². The molecule has 2 amide bonds. The van der Waals surface area contributed by atoms with Crippen molar-refractivity contribution >= 4 is 29.5 Å². The molecule has 1 aliphatic carbocycles. The number of benzene rings is 1. The van der Waals surface area contributed by atoms with Gasteiger partial charge in [0.05, 0.1) is 0 Å². The van der Waals surface area contributed by atoms with Gasteiger partial charge < -0.3 is 14.9 Å². The topological polar surface area (TPSA) is 64.1 Å². The molecule has 2 saturated heterocycles. The van der Waals surface area contributed by atoms with Gasteiger partial charge in [-0.15, -0.1) is 0 Å². The number of halogens is 1. The van der Waals surface area contributed by atoms with Gasteiger partial charge in [0.15, 0.2) is 0 Å². The Labute approximate surface area is 176 Å². The van der Waals surface area contributed by atoms with E-state index in [1.807, 2.05) is 11.0 Å². The van der Waals surface area contributed by atoms with Crippen LogP contribution in [0.15, 0.2) is 30.9 Å². The minimum atomic E-state index is -0.0518. The minimum absolute atomic E-state index is 0.0181. The first-order chi connectivity index (χ1) is 14.0. The van der Waals surface area contributed by atoms with Crippen molar-refractivity contribution in [2.75, 3.05) is 39.3 Å². The molecule has 154 valence electrons. The van der Waals surface area contributed by atoms with Crippen LogP contribution in [0.2, 0.25) is 5.02 Å². The first-order valence-electron chi connectivity index (χ1n) is 10.1. The fraction of sp³-hybridized carbons (Fsp3) is 0.455. The smallest absolute Gasteiger partial charge is 0.246 e. The zero-order chi connectivity index (χ0) is 20.5. The maximum Gasteiger partial charge on any atom is 0.246 e. The summed E-state index contributed by atoms with van der Waals surface area (Å²) in [7, 11) is 0. The number of likely N-dealkylation sites (tertiary alicyclic amines) is 1. The molecule has 0 atom stereocenters. The molecule has 2 heterocycles. The molecule has 6 nitrogen and oxygen atoms in total. The van der Waals surface area contributed by atoms with Crippen LogP contribution in [0, 0.1) is 0 Å². The van der Waals surface area contributed by atoms with E-state index in [-0.39, 0.29) is 17.6 Å². The number of carbonyl (C=O) groups excluding carboxylic acids is 2. The molecule has 0 aromatic heterocycles. The molecular formula is C22H26ClN3O3. The average molecular weight is 416 g/mol. The predicted molar refractivity (Wildman–Crippen MR) is 113 cm³/mol. The quantitative estimate of drug-likeness (QED) is 0.750. The van der Waals surface area contributed by atoms with Gasteiger partial charge in [-0.2, -0.15) is 0 Å². The first-order valence-corrected chi connectivity index (χ1v) is 10.5. The lowest BCUT2D eigenvalue weighted by Gasteiger charge is -2.47. The lowest BCUT2D eigenvalue weighted by molar-refractivity contribution is -0.134. The largest absolute Gasteiger partial charge is 0.507 e. The third-order valence-electron chi connectivity index (χ3n) is 6.06. The number of hydrogen-bond acceptors (Lipinski definition) is 4. The number of nitrogens with zero attached hydrogens (tertiary/aromatic N) is 3. The van der Waals surface area contributed by atoms with Gasteiger partial charge in [-0.25, -0.2) is 0 Å². The van der Waals surface area contributed by atoms with Gasteiger partial charge in [-0.1, -0.05) is 18.2 Å². The van der Waals surface area contributed by atoms with Crippen molar-refractivity contribution in [3.63, 3.8) is 0 Å². The molecular weight excluding hydrogens is 390 g/mol. The summed E-state index contributed by atoms with van der Waals surface area (Å²) in [5.74, 6) is 0.500. The van der Waals surface area contributed by atoms with Gasteiger partial charge in [-0.05, 0) is 48.6 Å². The average Bonchev–Trinajstić information content (AvgIpc) is 3.51. The second-order valence-electron chi connectivity index (χ2n) is 8.00. The third-order valence-corrected chi connectivity index (χ3v) is 6.39. The van der Waals surface area contributed by atoms with Crippen molar-refractivity contribution in [2.24, 2.45) is 0 Å². The Hall–Kier alpha value is -2.31. The molecule has 0 radical (unpaired) electrons. The zero-order valence-corrected chi connectivity index (χ0v) is 17.1. The highest BCUT2D eigenvalue weighted by atomic mass is 35.5. The van der Waals surface area contributed by atoms with E-state index in [4.69, 9.17) is 11.6 Å². The SMILES string of the molecule is C=CC(=O)N1CC(N2CCN(C(=O)/C=C/c3cc(C4CC4)c(Cl)cc3O)CC2)C1. The van der Waals surface area contributed by atoms with Gasteiger partial charge in [0.1, 0.15) is 5.75 Å². The summed E-state index contributed by atoms with van der Waals surface area (Å²) in [6.45, 7) is 7.92. The lowest BCUT2D eigenvalue weighted by atomic mass is 10.0. The maximum atomic E-state index is 12.6. The molecule has 0 spiro atoms. The van der Waals surface area contributed by atoms with Crippen LogP contribution in [0.3, 0.4) is 0 Å². The highest BCUT2D eigenvalue weighted by Crippen LogP contribution is 2.45. The monoisotopic (exact) mass is 415 g/mol. The van der Waals surface area contributed by atoms with Crippen LogP contribution in [-0.2, 0) is 9.59 Å². The summed E-state index contributed by atoms with van der Waals surface area (Å²) in [4.78, 5) is 30.1. The van der Waals surface area contributed by atoms with Crippen molar-refractivity contribution in [1.82, 2.24) is 14.7 Å². The van der Waals surface area contributed by atoms with E-state index in [1.54, 1.807) is 17.0 Å². The van der Waals surface area contributed by atoms with E-state index in [0.29, 0.717) is 35.6 Å². The van der Waals surface area contributed by atoms with Crippen LogP contribution < -0.4 is 0 Å². The van der Waals surface area contributed by atoms with E-state index >= 15 is 0 Å². The Kier molecular flexibility index (Phi) is 5.65. The summed E-state index contributed by atoms with van der Waals surface area (Å²) in [6.07, 6.45) is 6.81. The highest BCUT2D eigenvalue weighted by molar-refractivity contribution is 6.31. The second-order valence-corrected chi connectivity index (χ2v) is 8.41. The number of phenols is 1. The molecule has 2 aliphatic heterocycles. The number of aromatic hydroxyl groups is 1. The number of rotatable bonds is 5. The summed E-state index contributed by atoms with van der Waals surface area (Å²) < 4.78 is 0. The molecule has 0 bridgehead atoms. The zero-order valence-electron chi connectivity index (χ0n) is 16.4. The van der Waals surface area contributed by atoms with Crippen LogP contribution in [-0.4, -0.2) is 76.9 Å². The van der Waals surface area contributed by atoms with Crippen molar-refractivity contribution in [2.45, 2.75) is 24.8 Å². The molecule has 1 N–H and O–H groups in total. The second kappa shape index (κ2) is 8.20. The fourth-order valence-electron chi connectivity index (χ4n) is 4.01. The number of piperazine rings is 1. The van der Waals surface area contributed by atoms with Crippen molar-refractivity contribution in [1.29, 1.82) is 0 Å². The van der Waals surface area contributed by atoms with Crippen molar-refractivity contribution < 1.29 is 14.7 Å². The highest BCUT2D eigenvalue weighted by Gasteiger charge is 2.35. The van der Waals surface area contributed by atoms with Crippen molar-refractivity contribution in [3.05, 3.63) is 47.0 Å². The molecule has 29 heavy (non-hydrogen) atoms. The Morgan fingerprint density at radius 3 is 2.38 bits per heavy atom. The third kappa shape index (κ3) is 4.33. The molecule has 3 fully saturated rings. The normalized spacial score (nSPS) is 20.7. The Morgan fingerprint density at radius 1 is 1.07 bits per heavy atom. The van der Waals surface area contributed by atoms with Crippen LogP contribution in [0.25, 0.3) is 6.08 Å². The molecule has 1 aromatic carbocycles. The van der Waals surface area contributed by atoms with Crippen LogP contribution in [0.1, 0.15) is 29.9 Å². The van der Waals surface area contributed by atoms with Crippen molar-refractivity contribution in [3.8, 4) is 5.75 Å². The first kappa shape index (κ1) is 20.0. The van der Waals surface area contributed by atoms with Crippen LogP contribution in [0.4, 0.5) is 0 Å². The van der Waals surface area contributed by atoms with Gasteiger partial charge in [0.2, 0.25) is 11.8 Å². The molecule has 0 unspecified atom stereocenters. The van der Waals surface area contributed by atoms with Crippen LogP contribution in [0.5, 0.6) is 5.75 Å². The van der Waals surface area contributed by atoms with Gasteiger partial charge >= 0.3 is 0 Å². The number of carbonyl (C=O) groups is 2. The van der Waals surface area contributed by atoms with E-state index < -0.39 is 0 Å². The van der Waals surface area contributed by atoms with E-state index in [2.05, 4.69) is 11.5 Å². The van der Waals surface area contributed by atoms with E-state index in [9.17, 15) is 14.7 Å². The predicted octanol–water partition coefficient (Wildman–Crippen LogP) is 2.48. The van der Waals surface area contributed by atoms with Gasteiger partial charge in [-0.3, -0.25) is 14.5 Å². The molecule has 1 aromatic rings. The van der Waals surface area contributed by atoms with E-state index in [0.717, 1.165) is 44.6 Å². The number of phenolic OH excluding ortho intramolecular Hbond substituents is 1. The maximum absolute atomic E-state index is 12.6. The Bertz CT molecular complexity index is 851. The summed E-state index contributed by atoms with van der Waals surface area (Å²) in [6, 6.07) is 3.83. The molecule has 1 saturated carbocycles. The standard InChI is InChI=1S/C22H26ClN3O3/c1-2-21(28)26-13-17(14-26)24-7-9-25(10-8-24)22(29)6-5-16-11-18(15-3-4-15)19(23)12-20(16)27/h2,5-6,11-12,15,17,27H,1,3-4,7-10,13-14H2/b6-5+. The molecule has 3 aliphatic rings. The Balaban J connectivity index is 1.30. The number of amides is 2. The Morgan fingerprint density at radius 2 is 1.76 bits per heavy atom. The summed E-state index contributed by atoms with van der Waals surface area (Å²) >= 11 is 6.22. The van der Waals surface area contributed by atoms with E-state index in [1.165, 1.54) is 12.2 Å². The summed E-state index contributed by atoms with van der Waals surface area (Å²) in [5, 5.41) is 10.7. The lowest BCUT2D eigenvalue weighted by Crippen LogP contribution is -2.64.